The second kappa shape index (κ2) is 8.95. The Balaban J connectivity index is 1.76. The van der Waals surface area contributed by atoms with E-state index < -0.39 is 20.0 Å². The molecule has 0 amide bonds. The van der Waals surface area contributed by atoms with E-state index in [0.29, 0.717) is 36.2 Å². The molecule has 30 heavy (non-hydrogen) atoms. The number of hydrogen-bond donors (Lipinski definition) is 1. The topological polar surface area (TPSA) is 92.8 Å². The molecule has 164 valence electrons. The molecule has 1 saturated heterocycles. The minimum atomic E-state index is -3.72. The van der Waals surface area contributed by atoms with Gasteiger partial charge in [-0.25, -0.2) is 21.6 Å². The van der Waals surface area contributed by atoms with Gasteiger partial charge < -0.3 is 4.74 Å². The molecular weight excluding hydrogens is 424 g/mol. The van der Waals surface area contributed by atoms with Crippen LogP contribution in [0.4, 0.5) is 5.69 Å². The fourth-order valence-electron chi connectivity index (χ4n) is 3.77. The molecule has 1 aliphatic rings. The Bertz CT molecular complexity index is 1090. The van der Waals surface area contributed by atoms with Gasteiger partial charge in [0.05, 0.1) is 23.4 Å². The number of nitrogens with zero attached hydrogens (tertiary/aromatic N) is 1. The Morgan fingerprint density at radius 3 is 2.27 bits per heavy atom. The van der Waals surface area contributed by atoms with Crippen LogP contribution in [-0.2, 0) is 26.5 Å². The van der Waals surface area contributed by atoms with Crippen LogP contribution >= 0.6 is 0 Å². The van der Waals surface area contributed by atoms with E-state index in [-0.39, 0.29) is 17.2 Å². The van der Waals surface area contributed by atoms with E-state index in [4.69, 9.17) is 4.74 Å². The molecule has 1 fully saturated rings. The predicted octanol–water partition coefficient (Wildman–Crippen LogP) is 2.76. The molecule has 0 bridgehead atoms. The Kier molecular flexibility index (Phi) is 6.74. The van der Waals surface area contributed by atoms with Crippen molar-refractivity contribution < 1.29 is 21.6 Å². The fraction of sp³-hybridized carbons (Fsp3) is 0.429. The normalized spacial score (nSPS) is 16.4. The maximum Gasteiger partial charge on any atom is 0.241 e. The van der Waals surface area contributed by atoms with E-state index in [9.17, 15) is 16.8 Å². The van der Waals surface area contributed by atoms with Crippen molar-refractivity contribution in [1.82, 2.24) is 4.72 Å². The van der Waals surface area contributed by atoms with Crippen molar-refractivity contribution in [3.63, 3.8) is 0 Å². The highest BCUT2D eigenvalue weighted by Crippen LogP contribution is 2.30. The third-order valence-electron chi connectivity index (χ3n) is 5.22. The summed E-state index contributed by atoms with van der Waals surface area (Å²) >= 11 is 0. The summed E-state index contributed by atoms with van der Waals surface area (Å²) in [5.74, 6) is 0.874. The van der Waals surface area contributed by atoms with Gasteiger partial charge in [0.15, 0.2) is 0 Å². The lowest BCUT2D eigenvalue weighted by atomic mass is 10.1. The van der Waals surface area contributed by atoms with Crippen molar-refractivity contribution in [2.75, 3.05) is 30.3 Å². The second-order valence-electron chi connectivity index (χ2n) is 7.50. The molecule has 0 atom stereocenters. The predicted molar refractivity (Wildman–Crippen MR) is 118 cm³/mol. The van der Waals surface area contributed by atoms with E-state index in [1.54, 1.807) is 33.1 Å². The van der Waals surface area contributed by atoms with Gasteiger partial charge in [0.25, 0.3) is 0 Å². The summed E-state index contributed by atoms with van der Waals surface area (Å²) in [6, 6.07) is 10.8. The molecule has 7 nitrogen and oxygen atoms in total. The molecule has 2 aromatic rings. The third kappa shape index (κ3) is 4.96. The minimum Gasteiger partial charge on any atom is -0.497 e. The summed E-state index contributed by atoms with van der Waals surface area (Å²) in [7, 11) is -5.48. The molecule has 0 spiro atoms. The zero-order valence-electron chi connectivity index (χ0n) is 17.5. The number of sulfonamides is 2. The molecular formula is C21H28N2O5S2. The summed E-state index contributed by atoms with van der Waals surface area (Å²) < 4.78 is 59.8. The van der Waals surface area contributed by atoms with Crippen LogP contribution in [0.15, 0.2) is 41.3 Å². The number of ether oxygens (including phenoxy) is 1. The summed E-state index contributed by atoms with van der Waals surface area (Å²) in [5.41, 5.74) is 2.59. The lowest BCUT2D eigenvalue weighted by molar-refractivity contribution is 0.414. The van der Waals surface area contributed by atoms with Crippen LogP contribution in [0.1, 0.15) is 29.5 Å². The van der Waals surface area contributed by atoms with E-state index >= 15 is 0 Å². The van der Waals surface area contributed by atoms with Crippen LogP contribution in [0.5, 0.6) is 5.75 Å². The first kappa shape index (κ1) is 22.6. The maximum atomic E-state index is 12.9. The highest BCUT2D eigenvalue weighted by molar-refractivity contribution is 7.92. The molecule has 0 saturated carbocycles. The van der Waals surface area contributed by atoms with E-state index in [1.807, 2.05) is 24.3 Å². The average Bonchev–Trinajstić information content (AvgIpc) is 2.67. The highest BCUT2D eigenvalue weighted by Gasteiger charge is 2.28. The number of aryl methyl sites for hydroxylation is 2. The van der Waals surface area contributed by atoms with E-state index in [2.05, 4.69) is 4.72 Å². The largest absolute Gasteiger partial charge is 0.497 e. The van der Waals surface area contributed by atoms with Crippen molar-refractivity contribution in [3.8, 4) is 5.75 Å². The van der Waals surface area contributed by atoms with Crippen molar-refractivity contribution in [2.24, 2.45) is 0 Å². The summed E-state index contributed by atoms with van der Waals surface area (Å²) in [6.45, 7) is 4.08. The molecule has 1 N–H and O–H groups in total. The Labute approximate surface area is 179 Å². The molecule has 9 heteroatoms. The molecule has 2 aromatic carbocycles. The molecule has 0 radical (unpaired) electrons. The Morgan fingerprint density at radius 1 is 1.07 bits per heavy atom. The first-order valence-electron chi connectivity index (χ1n) is 9.88. The number of benzene rings is 2. The van der Waals surface area contributed by atoms with Crippen LogP contribution in [0.25, 0.3) is 0 Å². The number of rotatable bonds is 7. The Hall–Kier alpha value is -2.10. The molecule has 0 unspecified atom stereocenters. The van der Waals surface area contributed by atoms with Gasteiger partial charge in [0, 0.05) is 13.1 Å². The van der Waals surface area contributed by atoms with Gasteiger partial charge in [0.2, 0.25) is 20.0 Å². The molecule has 0 aliphatic carbocycles. The lowest BCUT2D eigenvalue weighted by Crippen LogP contribution is -2.38. The van der Waals surface area contributed by atoms with Crippen LogP contribution in [-0.4, -0.2) is 42.8 Å². The van der Waals surface area contributed by atoms with Crippen molar-refractivity contribution >= 4 is 25.7 Å². The van der Waals surface area contributed by atoms with Crippen LogP contribution in [0, 0.1) is 13.8 Å². The monoisotopic (exact) mass is 452 g/mol. The SMILES string of the molecule is COc1ccc(CCNS(=O)(=O)c2c(C)cc(N3CCCCS3(=O)=O)cc2C)cc1. The fourth-order valence-corrected chi connectivity index (χ4v) is 6.87. The zero-order valence-corrected chi connectivity index (χ0v) is 19.1. The maximum absolute atomic E-state index is 12.9. The van der Waals surface area contributed by atoms with Gasteiger partial charge in [-0.1, -0.05) is 12.1 Å². The van der Waals surface area contributed by atoms with Gasteiger partial charge >= 0.3 is 0 Å². The standard InChI is InChI=1S/C21H28N2O5S2/c1-16-14-19(23-12-4-5-13-29(23,24)25)15-17(2)21(16)30(26,27)22-11-10-18-6-8-20(28-3)9-7-18/h6-9,14-15,22H,4-5,10-13H2,1-3H3. The smallest absolute Gasteiger partial charge is 0.241 e. The quantitative estimate of drug-likeness (QED) is 0.697. The van der Waals surface area contributed by atoms with E-state index in [1.165, 1.54) is 4.31 Å². The van der Waals surface area contributed by atoms with Crippen LogP contribution in [0.3, 0.4) is 0 Å². The summed E-state index contributed by atoms with van der Waals surface area (Å²) in [6.07, 6.45) is 2.00. The van der Waals surface area contributed by atoms with Crippen molar-refractivity contribution in [2.45, 2.75) is 38.0 Å². The molecule has 0 aromatic heterocycles. The second-order valence-corrected chi connectivity index (χ2v) is 11.2. The summed E-state index contributed by atoms with van der Waals surface area (Å²) in [4.78, 5) is 0.204. The van der Waals surface area contributed by atoms with Gasteiger partial charge in [-0.2, -0.15) is 0 Å². The third-order valence-corrected chi connectivity index (χ3v) is 8.85. The zero-order chi connectivity index (χ0) is 21.9. The lowest BCUT2D eigenvalue weighted by Gasteiger charge is -2.29. The van der Waals surface area contributed by atoms with Gasteiger partial charge in [-0.3, -0.25) is 4.31 Å². The average molecular weight is 453 g/mol. The first-order valence-corrected chi connectivity index (χ1v) is 13.0. The molecule has 3 rings (SSSR count). The highest BCUT2D eigenvalue weighted by atomic mass is 32.2. The van der Waals surface area contributed by atoms with Crippen LogP contribution in [0.2, 0.25) is 0 Å². The van der Waals surface area contributed by atoms with Crippen molar-refractivity contribution in [3.05, 3.63) is 53.1 Å². The van der Waals surface area contributed by atoms with Crippen molar-refractivity contribution in [1.29, 1.82) is 0 Å². The van der Waals surface area contributed by atoms with Gasteiger partial charge in [0.1, 0.15) is 5.75 Å². The minimum absolute atomic E-state index is 0.123. The van der Waals surface area contributed by atoms with Gasteiger partial charge in [-0.15, -0.1) is 0 Å². The number of methoxy groups -OCH3 is 1. The van der Waals surface area contributed by atoms with Crippen LogP contribution < -0.4 is 13.8 Å². The number of nitrogens with one attached hydrogen (secondary N) is 1. The van der Waals surface area contributed by atoms with E-state index in [0.717, 1.165) is 17.7 Å². The molecule has 1 aliphatic heterocycles. The Morgan fingerprint density at radius 2 is 1.70 bits per heavy atom. The molecule has 1 heterocycles. The number of hydrogen-bond acceptors (Lipinski definition) is 5. The number of anilines is 1. The summed E-state index contributed by atoms with van der Waals surface area (Å²) in [5, 5.41) is 0. The van der Waals surface area contributed by atoms with Gasteiger partial charge in [-0.05, 0) is 74.1 Å². The first-order chi connectivity index (χ1) is 14.1.